The number of hydrogen-bond acceptors (Lipinski definition) is 5. The smallest absolute Gasteiger partial charge is 0.287 e. The van der Waals surface area contributed by atoms with E-state index in [0.717, 1.165) is 10.9 Å². The van der Waals surface area contributed by atoms with E-state index in [9.17, 15) is 9.59 Å². The zero-order valence-corrected chi connectivity index (χ0v) is 20.5. The quantitative estimate of drug-likeness (QED) is 0.236. The van der Waals surface area contributed by atoms with Gasteiger partial charge in [0.05, 0.1) is 13.2 Å². The minimum Gasteiger partial charge on any atom is -0.457 e. The summed E-state index contributed by atoms with van der Waals surface area (Å²) in [7, 11) is 0. The molecule has 7 nitrogen and oxygen atoms in total. The Morgan fingerprint density at radius 1 is 0.763 bits per heavy atom. The van der Waals surface area contributed by atoms with Gasteiger partial charge in [-0.2, -0.15) is 0 Å². The van der Waals surface area contributed by atoms with Gasteiger partial charge < -0.3 is 24.5 Å². The number of para-hydroxylation sites is 2. The summed E-state index contributed by atoms with van der Waals surface area (Å²) in [4.78, 5) is 26.2. The molecule has 1 unspecified atom stereocenters. The van der Waals surface area contributed by atoms with Gasteiger partial charge in [-0.1, -0.05) is 66.7 Å². The van der Waals surface area contributed by atoms with Crippen molar-refractivity contribution in [1.29, 1.82) is 0 Å². The van der Waals surface area contributed by atoms with Gasteiger partial charge in [0.2, 0.25) is 5.91 Å². The number of nitrogens with one attached hydrogen (secondary N) is 2. The average molecular weight is 507 g/mol. The van der Waals surface area contributed by atoms with Crippen LogP contribution < -0.4 is 15.4 Å². The molecule has 0 aliphatic carbocycles. The Kier molecular flexibility index (Phi) is 7.77. The van der Waals surface area contributed by atoms with Crippen LogP contribution in [-0.4, -0.2) is 24.5 Å². The Hall–Kier alpha value is -4.88. The molecule has 0 aliphatic heterocycles. The number of rotatable bonds is 10. The van der Waals surface area contributed by atoms with Crippen molar-refractivity contribution in [3.05, 3.63) is 127 Å². The number of carbonyl (C=O) groups excluding carboxylic acids is 2. The van der Waals surface area contributed by atoms with Crippen LogP contribution in [0.25, 0.3) is 11.0 Å². The van der Waals surface area contributed by atoms with Crippen molar-refractivity contribution in [2.24, 2.45) is 0 Å². The standard InChI is InChI=1S/C31H26N2O5/c34-30(32-24-15-17-26(18-16-24)37-25-12-5-2-6-13-25)27(21-36-20-22-9-3-1-4-10-22)33-31(35)29-19-23-11-7-8-14-28(23)38-29/h1-19,27H,20-21H2,(H,32,34)(H,33,35). The summed E-state index contributed by atoms with van der Waals surface area (Å²) in [5, 5.41) is 6.40. The molecule has 0 bridgehead atoms. The van der Waals surface area contributed by atoms with Gasteiger partial charge in [-0.3, -0.25) is 9.59 Å². The lowest BCUT2D eigenvalue weighted by atomic mass is 10.2. The predicted molar refractivity (Wildman–Crippen MR) is 145 cm³/mol. The molecule has 2 N–H and O–H groups in total. The summed E-state index contributed by atoms with van der Waals surface area (Å²) in [6.07, 6.45) is 0. The number of carbonyl (C=O) groups is 2. The van der Waals surface area contributed by atoms with Crippen LogP contribution in [-0.2, 0) is 16.1 Å². The molecule has 0 spiro atoms. The molecule has 38 heavy (non-hydrogen) atoms. The Balaban J connectivity index is 1.26. The molecule has 0 saturated carbocycles. The first-order valence-electron chi connectivity index (χ1n) is 12.2. The second kappa shape index (κ2) is 11.9. The summed E-state index contributed by atoms with van der Waals surface area (Å²) in [5.74, 6) is 0.549. The first-order chi connectivity index (χ1) is 18.6. The van der Waals surface area contributed by atoms with Crippen molar-refractivity contribution in [3.63, 3.8) is 0 Å². The first kappa shape index (κ1) is 24.8. The fourth-order valence-corrected chi connectivity index (χ4v) is 3.84. The average Bonchev–Trinajstić information content (AvgIpc) is 3.39. The van der Waals surface area contributed by atoms with Gasteiger partial charge in [-0.15, -0.1) is 0 Å². The fourth-order valence-electron chi connectivity index (χ4n) is 3.84. The molecule has 1 heterocycles. The van der Waals surface area contributed by atoms with Crippen molar-refractivity contribution in [1.82, 2.24) is 5.32 Å². The molecule has 7 heteroatoms. The molecule has 1 aromatic heterocycles. The number of amides is 2. The first-order valence-corrected chi connectivity index (χ1v) is 12.2. The van der Waals surface area contributed by atoms with Crippen molar-refractivity contribution >= 4 is 28.5 Å². The zero-order chi connectivity index (χ0) is 26.2. The van der Waals surface area contributed by atoms with Gasteiger partial charge in [0.25, 0.3) is 5.91 Å². The Labute approximate surface area is 220 Å². The number of anilines is 1. The van der Waals surface area contributed by atoms with E-state index in [1.807, 2.05) is 78.9 Å². The molecular weight excluding hydrogens is 480 g/mol. The maximum Gasteiger partial charge on any atom is 0.287 e. The molecule has 0 radical (unpaired) electrons. The van der Waals surface area contributed by atoms with Crippen LogP contribution in [0.3, 0.4) is 0 Å². The third-order valence-electron chi connectivity index (χ3n) is 5.77. The van der Waals surface area contributed by atoms with Crippen LogP contribution in [0.15, 0.2) is 120 Å². The maximum atomic E-state index is 13.2. The molecule has 2 amide bonds. The molecule has 4 aromatic carbocycles. The lowest BCUT2D eigenvalue weighted by molar-refractivity contribution is -0.119. The van der Waals surface area contributed by atoms with Crippen LogP contribution in [0.4, 0.5) is 5.69 Å². The number of ether oxygens (including phenoxy) is 2. The number of benzene rings is 4. The lowest BCUT2D eigenvalue weighted by Crippen LogP contribution is -2.46. The van der Waals surface area contributed by atoms with Gasteiger partial charge in [0, 0.05) is 11.1 Å². The van der Waals surface area contributed by atoms with Crippen LogP contribution in [0.5, 0.6) is 11.5 Å². The van der Waals surface area contributed by atoms with E-state index >= 15 is 0 Å². The topological polar surface area (TPSA) is 89.8 Å². The highest BCUT2D eigenvalue weighted by atomic mass is 16.5. The molecular formula is C31H26N2O5. The summed E-state index contributed by atoms with van der Waals surface area (Å²) in [5.41, 5.74) is 2.11. The Bertz CT molecular complexity index is 1470. The molecule has 5 aromatic rings. The molecule has 0 fully saturated rings. The minimum atomic E-state index is -0.959. The number of fused-ring (bicyclic) bond motifs is 1. The summed E-state index contributed by atoms with van der Waals surface area (Å²) < 4.78 is 17.3. The maximum absolute atomic E-state index is 13.2. The predicted octanol–water partition coefficient (Wildman–Crippen LogP) is 6.18. The molecule has 0 aliphatic rings. The van der Waals surface area contributed by atoms with Crippen molar-refractivity contribution < 1.29 is 23.5 Å². The van der Waals surface area contributed by atoms with Crippen LogP contribution in [0.1, 0.15) is 16.1 Å². The molecule has 190 valence electrons. The monoisotopic (exact) mass is 506 g/mol. The normalized spacial score (nSPS) is 11.6. The Morgan fingerprint density at radius 2 is 1.42 bits per heavy atom. The van der Waals surface area contributed by atoms with Gasteiger partial charge in [-0.25, -0.2) is 0 Å². The number of hydrogen-bond donors (Lipinski definition) is 2. The second-order valence-corrected chi connectivity index (χ2v) is 8.60. The van der Waals surface area contributed by atoms with E-state index < -0.39 is 17.9 Å². The third kappa shape index (κ3) is 6.46. The summed E-state index contributed by atoms with van der Waals surface area (Å²) in [6, 6.07) is 34.0. The fraction of sp³-hybridized carbons (Fsp3) is 0.0968. The minimum absolute atomic E-state index is 0.0259. The molecule has 5 rings (SSSR count). The lowest BCUT2D eigenvalue weighted by Gasteiger charge is -2.18. The van der Waals surface area contributed by atoms with Crippen molar-refractivity contribution in [3.8, 4) is 11.5 Å². The van der Waals surface area contributed by atoms with Crippen molar-refractivity contribution in [2.45, 2.75) is 12.6 Å². The summed E-state index contributed by atoms with van der Waals surface area (Å²) in [6.45, 7) is 0.276. The van der Waals surface area contributed by atoms with E-state index in [2.05, 4.69) is 10.6 Å². The summed E-state index contributed by atoms with van der Waals surface area (Å²) >= 11 is 0. The van der Waals surface area contributed by atoms with Crippen LogP contribution >= 0.6 is 0 Å². The van der Waals surface area contributed by atoms with Gasteiger partial charge in [0.1, 0.15) is 23.1 Å². The largest absolute Gasteiger partial charge is 0.457 e. The van der Waals surface area contributed by atoms with Crippen molar-refractivity contribution in [2.75, 3.05) is 11.9 Å². The third-order valence-corrected chi connectivity index (χ3v) is 5.77. The van der Waals surface area contributed by atoms with E-state index in [0.29, 0.717) is 29.4 Å². The SMILES string of the molecule is O=C(NC(COCc1ccccc1)C(=O)Nc1ccc(Oc2ccccc2)cc1)c1cc2ccccc2o1. The highest BCUT2D eigenvalue weighted by Gasteiger charge is 2.24. The number of furan rings is 1. The van der Waals surface area contributed by atoms with Gasteiger partial charge >= 0.3 is 0 Å². The van der Waals surface area contributed by atoms with Gasteiger partial charge in [0.15, 0.2) is 5.76 Å². The highest BCUT2D eigenvalue weighted by molar-refractivity contribution is 6.01. The van der Waals surface area contributed by atoms with E-state index in [1.165, 1.54) is 0 Å². The van der Waals surface area contributed by atoms with E-state index in [4.69, 9.17) is 13.9 Å². The highest BCUT2D eigenvalue weighted by Crippen LogP contribution is 2.23. The van der Waals surface area contributed by atoms with E-state index in [-0.39, 0.29) is 12.4 Å². The molecule has 0 saturated heterocycles. The van der Waals surface area contributed by atoms with Crippen LogP contribution in [0, 0.1) is 0 Å². The van der Waals surface area contributed by atoms with Crippen LogP contribution in [0.2, 0.25) is 0 Å². The Morgan fingerprint density at radius 3 is 2.16 bits per heavy atom. The second-order valence-electron chi connectivity index (χ2n) is 8.60. The van der Waals surface area contributed by atoms with E-state index in [1.54, 1.807) is 36.4 Å². The molecule has 1 atom stereocenters. The zero-order valence-electron chi connectivity index (χ0n) is 20.5. The van der Waals surface area contributed by atoms with Gasteiger partial charge in [-0.05, 0) is 54.1 Å².